The average Bonchev–Trinajstić information content (AvgIpc) is 2.66. The minimum atomic E-state index is -3.79. The molecule has 1 aromatic heterocycles. The molecular weight excluding hydrogens is 276 g/mol. The molecule has 1 saturated carbocycles. The van der Waals surface area contributed by atoms with Crippen LogP contribution in [0.2, 0.25) is 0 Å². The number of nitrogens with one attached hydrogen (secondary N) is 2. The summed E-state index contributed by atoms with van der Waals surface area (Å²) < 4.78 is 22.1. The van der Waals surface area contributed by atoms with Gasteiger partial charge in [-0.25, -0.2) is 8.42 Å². The minimum Gasteiger partial charge on any atom is -0.356 e. The fraction of sp³-hybridized carbons (Fsp3) is 0.545. The van der Waals surface area contributed by atoms with Crippen LogP contribution in [0.1, 0.15) is 30.8 Å². The zero-order chi connectivity index (χ0) is 13.6. The Morgan fingerprint density at radius 2 is 2.22 bits per heavy atom. The van der Waals surface area contributed by atoms with Crippen LogP contribution >= 0.6 is 10.7 Å². The Labute approximate surface area is 110 Å². The lowest BCUT2D eigenvalue weighted by Crippen LogP contribution is -2.26. The van der Waals surface area contributed by atoms with E-state index in [1.165, 1.54) is 12.3 Å². The molecule has 2 N–H and O–H groups in total. The third kappa shape index (κ3) is 2.87. The lowest BCUT2D eigenvalue weighted by Gasteiger charge is -2.05. The van der Waals surface area contributed by atoms with E-state index in [4.69, 9.17) is 10.7 Å². The summed E-state index contributed by atoms with van der Waals surface area (Å²) >= 11 is 0. The molecule has 100 valence electrons. The van der Waals surface area contributed by atoms with Crippen molar-refractivity contribution >= 4 is 25.6 Å². The summed E-state index contributed by atoms with van der Waals surface area (Å²) in [4.78, 5) is 14.3. The molecule has 1 unspecified atom stereocenters. The molecule has 7 heteroatoms. The lowest BCUT2D eigenvalue weighted by atomic mass is 10.1. The number of hydrogen-bond donors (Lipinski definition) is 2. The van der Waals surface area contributed by atoms with Crippen LogP contribution in [0.4, 0.5) is 0 Å². The van der Waals surface area contributed by atoms with Crippen LogP contribution in [0.15, 0.2) is 17.2 Å². The number of amides is 1. The van der Waals surface area contributed by atoms with Crippen LogP contribution in [-0.4, -0.2) is 25.9 Å². The van der Waals surface area contributed by atoms with E-state index in [9.17, 15) is 13.2 Å². The molecule has 0 aliphatic heterocycles. The number of aromatic nitrogens is 1. The highest BCUT2D eigenvalue weighted by Gasteiger charge is 2.45. The molecular formula is C11H15ClN2O3S. The van der Waals surface area contributed by atoms with Crippen LogP contribution in [0.3, 0.4) is 0 Å². The molecule has 1 atom stereocenters. The van der Waals surface area contributed by atoms with Crippen LogP contribution < -0.4 is 5.32 Å². The van der Waals surface area contributed by atoms with Crippen LogP contribution in [-0.2, 0) is 9.05 Å². The maximum atomic E-state index is 11.7. The van der Waals surface area contributed by atoms with Gasteiger partial charge in [-0.15, -0.1) is 0 Å². The molecule has 1 aliphatic rings. The van der Waals surface area contributed by atoms with Gasteiger partial charge in [-0.3, -0.25) is 4.79 Å². The molecule has 0 spiro atoms. The Morgan fingerprint density at radius 3 is 2.67 bits per heavy atom. The van der Waals surface area contributed by atoms with Crippen molar-refractivity contribution < 1.29 is 13.2 Å². The van der Waals surface area contributed by atoms with E-state index < -0.39 is 9.05 Å². The Morgan fingerprint density at radius 1 is 1.61 bits per heavy atom. The van der Waals surface area contributed by atoms with Gasteiger partial charge in [0, 0.05) is 23.4 Å². The van der Waals surface area contributed by atoms with Gasteiger partial charge < -0.3 is 10.3 Å². The monoisotopic (exact) mass is 290 g/mol. The van der Waals surface area contributed by atoms with E-state index >= 15 is 0 Å². The zero-order valence-corrected chi connectivity index (χ0v) is 11.7. The van der Waals surface area contributed by atoms with E-state index in [0.717, 1.165) is 6.42 Å². The second-order valence-corrected chi connectivity index (χ2v) is 7.85. The van der Waals surface area contributed by atoms with Crippen molar-refractivity contribution in [3.05, 3.63) is 18.0 Å². The van der Waals surface area contributed by atoms with Gasteiger partial charge in [0.2, 0.25) is 0 Å². The van der Waals surface area contributed by atoms with Gasteiger partial charge in [0.25, 0.3) is 15.0 Å². The Bertz CT molecular complexity index is 577. The van der Waals surface area contributed by atoms with Crippen molar-refractivity contribution in [2.24, 2.45) is 11.3 Å². The average molecular weight is 291 g/mol. The standard InChI is InChI=1S/C11H15ClN2O3S/c1-11(2)4-7(11)5-14-10(15)9-3-8(6-13-9)18(12,16)17/h3,6-7,13H,4-5H2,1-2H3,(H,14,15). The van der Waals surface area contributed by atoms with Crippen molar-refractivity contribution in [3.63, 3.8) is 0 Å². The maximum absolute atomic E-state index is 11.7. The van der Waals surface area contributed by atoms with Crippen molar-refractivity contribution in [1.82, 2.24) is 10.3 Å². The van der Waals surface area contributed by atoms with Crippen LogP contribution in [0, 0.1) is 11.3 Å². The highest BCUT2D eigenvalue weighted by molar-refractivity contribution is 8.13. The molecule has 18 heavy (non-hydrogen) atoms. The zero-order valence-electron chi connectivity index (χ0n) is 10.2. The van der Waals surface area contributed by atoms with Gasteiger partial charge in [0.15, 0.2) is 0 Å². The summed E-state index contributed by atoms with van der Waals surface area (Å²) in [6.45, 7) is 4.90. The van der Waals surface area contributed by atoms with Gasteiger partial charge >= 0.3 is 0 Å². The summed E-state index contributed by atoms with van der Waals surface area (Å²) in [5, 5.41) is 2.77. The van der Waals surface area contributed by atoms with Gasteiger partial charge in [0.1, 0.15) is 10.6 Å². The number of rotatable bonds is 4. The molecule has 0 bridgehead atoms. The summed E-state index contributed by atoms with van der Waals surface area (Å²) in [6.07, 6.45) is 2.30. The molecule has 2 rings (SSSR count). The van der Waals surface area contributed by atoms with E-state index in [-0.39, 0.29) is 16.5 Å². The summed E-state index contributed by atoms with van der Waals surface area (Å²) in [6, 6.07) is 1.23. The summed E-state index contributed by atoms with van der Waals surface area (Å²) in [5.74, 6) is 0.178. The molecule has 1 fully saturated rings. The van der Waals surface area contributed by atoms with Gasteiger partial charge in [-0.1, -0.05) is 13.8 Å². The van der Waals surface area contributed by atoms with Gasteiger partial charge in [0.05, 0.1) is 0 Å². The van der Waals surface area contributed by atoms with Crippen molar-refractivity contribution in [2.75, 3.05) is 6.54 Å². The van der Waals surface area contributed by atoms with E-state index in [0.29, 0.717) is 17.9 Å². The van der Waals surface area contributed by atoms with Crippen molar-refractivity contribution in [1.29, 1.82) is 0 Å². The fourth-order valence-electron chi connectivity index (χ4n) is 1.88. The number of carbonyl (C=O) groups excluding carboxylic acids is 1. The second kappa shape index (κ2) is 4.28. The number of carbonyl (C=O) groups is 1. The van der Waals surface area contributed by atoms with E-state index in [1.807, 2.05) is 0 Å². The molecule has 1 amide bonds. The molecule has 0 radical (unpaired) electrons. The van der Waals surface area contributed by atoms with Crippen LogP contribution in [0.25, 0.3) is 0 Å². The highest BCUT2D eigenvalue weighted by Crippen LogP contribution is 2.50. The SMILES string of the molecule is CC1(C)CC1CNC(=O)c1cc(S(=O)(=O)Cl)c[nH]1. The third-order valence-electron chi connectivity index (χ3n) is 3.41. The van der Waals surface area contributed by atoms with Crippen molar-refractivity contribution in [2.45, 2.75) is 25.2 Å². The molecule has 1 aromatic rings. The summed E-state index contributed by atoms with van der Waals surface area (Å²) in [5.41, 5.74) is 0.501. The normalized spacial score (nSPS) is 21.6. The first-order chi connectivity index (χ1) is 8.20. The Kier molecular flexibility index (Phi) is 3.19. The van der Waals surface area contributed by atoms with Gasteiger partial charge in [-0.05, 0) is 23.8 Å². The predicted octanol–water partition coefficient (Wildman–Crippen LogP) is 1.72. The number of H-pyrrole nitrogens is 1. The third-order valence-corrected chi connectivity index (χ3v) is 4.74. The first kappa shape index (κ1) is 13.4. The molecule has 0 saturated heterocycles. The molecule has 1 heterocycles. The van der Waals surface area contributed by atoms with Crippen molar-refractivity contribution in [3.8, 4) is 0 Å². The summed E-state index contributed by atoms with van der Waals surface area (Å²) in [7, 11) is 1.38. The number of halogens is 1. The lowest BCUT2D eigenvalue weighted by molar-refractivity contribution is 0.0946. The van der Waals surface area contributed by atoms with Crippen LogP contribution in [0.5, 0.6) is 0 Å². The quantitative estimate of drug-likeness (QED) is 0.829. The molecule has 0 aromatic carbocycles. The van der Waals surface area contributed by atoms with Gasteiger partial charge in [-0.2, -0.15) is 0 Å². The predicted molar refractivity (Wildman–Crippen MR) is 68.1 cm³/mol. The first-order valence-corrected chi connectivity index (χ1v) is 7.92. The number of hydrogen-bond acceptors (Lipinski definition) is 3. The topological polar surface area (TPSA) is 79.0 Å². The molecule has 1 aliphatic carbocycles. The largest absolute Gasteiger partial charge is 0.356 e. The fourth-order valence-corrected chi connectivity index (χ4v) is 2.61. The van der Waals surface area contributed by atoms with E-state index in [1.54, 1.807) is 0 Å². The first-order valence-electron chi connectivity index (χ1n) is 5.61. The number of aromatic amines is 1. The minimum absolute atomic E-state index is 0.0962. The highest BCUT2D eigenvalue weighted by atomic mass is 35.7. The smallest absolute Gasteiger partial charge is 0.267 e. The Balaban J connectivity index is 1.96. The molecule has 5 nitrogen and oxygen atoms in total. The second-order valence-electron chi connectivity index (χ2n) is 5.29. The van der Waals surface area contributed by atoms with E-state index in [2.05, 4.69) is 24.1 Å². The maximum Gasteiger partial charge on any atom is 0.267 e. The Hall–Kier alpha value is -1.01.